The number of anilines is 9. The van der Waals surface area contributed by atoms with Crippen LogP contribution < -0.4 is 31.1 Å². The van der Waals surface area contributed by atoms with E-state index in [-0.39, 0.29) is 39.2 Å². The fourth-order valence-corrected chi connectivity index (χ4v) is 15.1. The highest BCUT2D eigenvalue weighted by molar-refractivity contribution is 7.00. The summed E-state index contributed by atoms with van der Waals surface area (Å²) in [6.45, 7) is 33.9. The Hall–Kier alpha value is -7.56. The molecule has 9 aromatic rings. The maximum Gasteiger partial charge on any atom is 0.252 e. The number of fused-ring (bicyclic) bond motifs is 6. The van der Waals surface area contributed by atoms with Crippen LogP contribution in [0.4, 0.5) is 51.2 Å². The highest BCUT2D eigenvalue weighted by Crippen LogP contribution is 2.56. The number of aryl methyl sites for hydroxylation is 1. The van der Waals surface area contributed by atoms with Crippen molar-refractivity contribution in [2.24, 2.45) is 0 Å². The van der Waals surface area contributed by atoms with Crippen molar-refractivity contribution in [3.05, 3.63) is 239 Å². The van der Waals surface area contributed by atoms with Crippen LogP contribution in [0.1, 0.15) is 154 Å². The molecule has 2 aliphatic carbocycles. The van der Waals surface area contributed by atoms with Crippen LogP contribution in [0.5, 0.6) is 0 Å². The van der Waals surface area contributed by atoms with Gasteiger partial charge in [-0.15, -0.1) is 0 Å². The van der Waals surface area contributed by atoms with Crippen LogP contribution in [-0.4, -0.2) is 6.71 Å². The van der Waals surface area contributed by atoms with Gasteiger partial charge in [-0.1, -0.05) is 217 Å². The molecule has 9 aromatic carbocycles. The molecule has 13 rings (SSSR count). The molecule has 0 bridgehead atoms. The highest BCUT2D eigenvalue weighted by Gasteiger charge is 2.49. The lowest BCUT2D eigenvalue weighted by atomic mass is 9.33. The Bertz CT molecular complexity index is 3900. The maximum atomic E-state index is 2.72. The normalized spacial score (nSPS) is 16.9. The largest absolute Gasteiger partial charge is 0.311 e. The molecule has 0 N–H and O–H groups in total. The van der Waals surface area contributed by atoms with Gasteiger partial charge in [0.05, 0.1) is 11.4 Å². The molecule has 0 aromatic heterocycles. The van der Waals surface area contributed by atoms with Gasteiger partial charge in [-0.25, -0.2) is 0 Å². The molecular weight excluding hydrogens is 978 g/mol. The summed E-state index contributed by atoms with van der Waals surface area (Å²) in [5, 5.41) is 0. The second kappa shape index (κ2) is 18.5. The summed E-state index contributed by atoms with van der Waals surface area (Å²) in [6.07, 6.45) is 3.36. The molecule has 0 atom stereocenters. The molecule has 81 heavy (non-hydrogen) atoms. The number of benzene rings is 9. The van der Waals surface area contributed by atoms with Gasteiger partial charge in [-0.2, -0.15) is 0 Å². The van der Waals surface area contributed by atoms with Crippen LogP contribution >= 0.6 is 0 Å². The van der Waals surface area contributed by atoms with Gasteiger partial charge in [0.15, 0.2) is 0 Å². The summed E-state index contributed by atoms with van der Waals surface area (Å²) in [6, 6.07) is 74.9. The van der Waals surface area contributed by atoms with Crippen molar-refractivity contribution >= 4 is 74.3 Å². The second-order valence-electron chi connectivity index (χ2n) is 28.5. The van der Waals surface area contributed by atoms with Crippen LogP contribution in [0.25, 0.3) is 11.1 Å². The summed E-state index contributed by atoms with van der Waals surface area (Å²) in [5.41, 5.74) is 27.9. The molecule has 2 heterocycles. The third-order valence-corrected chi connectivity index (χ3v) is 19.6. The van der Waals surface area contributed by atoms with E-state index < -0.39 is 0 Å². The fourth-order valence-electron chi connectivity index (χ4n) is 15.1. The van der Waals surface area contributed by atoms with Crippen LogP contribution in [0, 0.1) is 6.92 Å². The zero-order chi connectivity index (χ0) is 56.8. The van der Waals surface area contributed by atoms with Gasteiger partial charge in [0.2, 0.25) is 0 Å². The van der Waals surface area contributed by atoms with E-state index in [0.29, 0.717) is 0 Å². The Balaban J connectivity index is 1.22. The fraction of sp³-hybridized carbons (Fsp3) is 0.299. The molecule has 4 heteroatoms. The standard InChI is InChI=1S/C77H80BN3/c1-50-41-59-62(76(11,12)49-75(59,9)10)47-67(50)81-66-38-36-54(77(13,14)52-29-21-16-22-30-52)43-63(66)78-64-46-60-61(74(7,8)40-39-73(60,5)6)48-68(64)80(65-37-35-53(72(2,3)4)42-58(65)51-27-19-15-20-28-51)69-44-57(45-70(81)71(69)78)79(55-31-23-17-24-32-55)56-33-25-18-26-34-56/h15-38,41-48H,39-40,49H2,1-14H3. The molecule has 0 saturated heterocycles. The summed E-state index contributed by atoms with van der Waals surface area (Å²) < 4.78 is 0. The molecule has 406 valence electrons. The number of hydrogen-bond donors (Lipinski definition) is 0. The Kier molecular flexibility index (Phi) is 12.0. The van der Waals surface area contributed by atoms with Crippen LogP contribution in [0.2, 0.25) is 0 Å². The lowest BCUT2D eigenvalue weighted by Crippen LogP contribution is -2.62. The zero-order valence-electron chi connectivity index (χ0n) is 50.5. The van der Waals surface area contributed by atoms with Gasteiger partial charge in [0.1, 0.15) is 0 Å². The van der Waals surface area contributed by atoms with E-state index in [4.69, 9.17) is 0 Å². The minimum absolute atomic E-state index is 0.00678. The SMILES string of the molecule is Cc1cc2c(cc1N1c3ccc(C(C)(C)c4ccccc4)cc3B3c4cc5c(cc4N(c4ccc(C(C)(C)C)cc4-c4ccccc4)c4cc(N(c6ccccc6)c6ccccc6)cc1c43)C(C)(C)CCC5(C)C)C(C)(C)CC2(C)C. The van der Waals surface area contributed by atoms with Gasteiger partial charge in [0.25, 0.3) is 6.71 Å². The molecule has 4 aliphatic rings. The highest BCUT2D eigenvalue weighted by atomic mass is 15.2. The minimum Gasteiger partial charge on any atom is -0.311 e. The van der Waals surface area contributed by atoms with Crippen molar-refractivity contribution in [1.29, 1.82) is 0 Å². The van der Waals surface area contributed by atoms with Crippen molar-refractivity contribution in [3.8, 4) is 11.1 Å². The van der Waals surface area contributed by atoms with Crippen molar-refractivity contribution < 1.29 is 0 Å². The quantitative estimate of drug-likeness (QED) is 0.140. The first kappa shape index (κ1) is 52.8. The van der Waals surface area contributed by atoms with Crippen molar-refractivity contribution in [2.75, 3.05) is 14.7 Å². The van der Waals surface area contributed by atoms with Gasteiger partial charge in [-0.3, -0.25) is 0 Å². The van der Waals surface area contributed by atoms with E-state index in [1.54, 1.807) is 0 Å². The lowest BCUT2D eigenvalue weighted by molar-refractivity contribution is 0.332. The van der Waals surface area contributed by atoms with E-state index in [1.807, 2.05) is 0 Å². The molecule has 0 fully saturated rings. The Morgan fingerprint density at radius 3 is 1.44 bits per heavy atom. The van der Waals surface area contributed by atoms with Gasteiger partial charge < -0.3 is 14.7 Å². The van der Waals surface area contributed by atoms with Crippen LogP contribution in [0.15, 0.2) is 194 Å². The van der Waals surface area contributed by atoms with Crippen LogP contribution in [0.3, 0.4) is 0 Å². The van der Waals surface area contributed by atoms with E-state index in [9.17, 15) is 0 Å². The molecular formula is C77H80BN3. The minimum atomic E-state index is -0.274. The summed E-state index contributed by atoms with van der Waals surface area (Å²) >= 11 is 0. The zero-order valence-corrected chi connectivity index (χ0v) is 50.5. The number of para-hydroxylation sites is 2. The van der Waals surface area contributed by atoms with Gasteiger partial charge in [-0.05, 0) is 186 Å². The number of rotatable bonds is 8. The average Bonchev–Trinajstić information content (AvgIpc) is 1.64. The molecule has 0 amide bonds. The first-order valence-corrected chi connectivity index (χ1v) is 29.9. The Labute approximate surface area is 484 Å². The Morgan fingerprint density at radius 1 is 0.395 bits per heavy atom. The van der Waals surface area contributed by atoms with Crippen molar-refractivity contribution in [1.82, 2.24) is 0 Å². The first-order valence-electron chi connectivity index (χ1n) is 29.9. The third-order valence-electron chi connectivity index (χ3n) is 19.6. The molecule has 0 unspecified atom stereocenters. The van der Waals surface area contributed by atoms with E-state index in [1.165, 1.54) is 106 Å². The van der Waals surface area contributed by atoms with Crippen molar-refractivity contribution in [3.63, 3.8) is 0 Å². The van der Waals surface area contributed by atoms with E-state index in [0.717, 1.165) is 36.3 Å². The maximum absolute atomic E-state index is 2.72. The van der Waals surface area contributed by atoms with Gasteiger partial charge >= 0.3 is 0 Å². The monoisotopic (exact) mass is 1060 g/mol. The second-order valence-corrected chi connectivity index (χ2v) is 28.5. The van der Waals surface area contributed by atoms with Gasteiger partial charge in [0, 0.05) is 50.8 Å². The lowest BCUT2D eigenvalue weighted by Gasteiger charge is -2.48. The van der Waals surface area contributed by atoms with Crippen LogP contribution in [-0.2, 0) is 32.5 Å². The van der Waals surface area contributed by atoms with Crippen molar-refractivity contribution in [2.45, 2.75) is 149 Å². The first-order chi connectivity index (χ1) is 38.4. The summed E-state index contributed by atoms with van der Waals surface area (Å²) in [4.78, 5) is 7.91. The smallest absolute Gasteiger partial charge is 0.252 e. The Morgan fingerprint density at radius 2 is 0.864 bits per heavy atom. The summed E-state index contributed by atoms with van der Waals surface area (Å²) in [7, 11) is 0. The molecule has 2 aliphatic heterocycles. The number of hydrogen-bond acceptors (Lipinski definition) is 3. The van der Waals surface area contributed by atoms with E-state index in [2.05, 4.69) is 306 Å². The molecule has 3 nitrogen and oxygen atoms in total. The average molecular weight is 1060 g/mol. The third kappa shape index (κ3) is 8.52. The molecule has 0 spiro atoms. The topological polar surface area (TPSA) is 9.72 Å². The summed E-state index contributed by atoms with van der Waals surface area (Å²) in [5.74, 6) is 0. The predicted octanol–water partition coefficient (Wildman–Crippen LogP) is 19.1. The predicted molar refractivity (Wildman–Crippen MR) is 349 cm³/mol. The molecule has 0 saturated carbocycles. The number of nitrogens with zero attached hydrogens (tertiary/aromatic N) is 3. The van der Waals surface area contributed by atoms with E-state index >= 15 is 0 Å². The molecule has 0 radical (unpaired) electrons.